The number of nitrogens with zero attached hydrogens (tertiary/aromatic N) is 2. The molecule has 0 aromatic carbocycles. The minimum Gasteiger partial charge on any atom is -0.392 e. The molecule has 2 aliphatic rings. The summed E-state index contributed by atoms with van der Waals surface area (Å²) >= 11 is 0. The van der Waals surface area contributed by atoms with Crippen LogP contribution in [0, 0.1) is 5.92 Å². The minimum atomic E-state index is -0.0600. The maximum absolute atomic E-state index is 9.91. The first-order chi connectivity index (χ1) is 7.70. The summed E-state index contributed by atoms with van der Waals surface area (Å²) in [6.45, 7) is 10.1. The molecule has 0 aromatic heterocycles. The average molecular weight is 226 g/mol. The molecule has 1 saturated heterocycles. The van der Waals surface area contributed by atoms with Crippen LogP contribution >= 0.6 is 0 Å². The predicted octanol–water partition coefficient (Wildman–Crippen LogP) is 1.17. The second-order valence-corrected chi connectivity index (χ2v) is 5.50. The zero-order valence-electron chi connectivity index (χ0n) is 10.7. The molecule has 1 N–H and O–H groups in total. The van der Waals surface area contributed by atoms with Crippen molar-refractivity contribution in [3.05, 3.63) is 0 Å². The van der Waals surface area contributed by atoms with E-state index in [0.29, 0.717) is 5.92 Å². The molecule has 2 fully saturated rings. The van der Waals surface area contributed by atoms with E-state index < -0.39 is 0 Å². The Balaban J connectivity index is 1.68. The van der Waals surface area contributed by atoms with E-state index in [9.17, 15) is 5.11 Å². The van der Waals surface area contributed by atoms with Gasteiger partial charge in [-0.05, 0) is 32.1 Å². The molecule has 3 heteroatoms. The number of aliphatic hydroxyl groups excluding tert-OH is 1. The Morgan fingerprint density at radius 1 is 1.19 bits per heavy atom. The van der Waals surface area contributed by atoms with Crippen LogP contribution in [0.4, 0.5) is 0 Å². The van der Waals surface area contributed by atoms with Crippen molar-refractivity contribution in [3.63, 3.8) is 0 Å². The first-order valence-electron chi connectivity index (χ1n) is 6.85. The van der Waals surface area contributed by atoms with Gasteiger partial charge in [-0.1, -0.05) is 6.92 Å². The number of rotatable bonds is 5. The van der Waals surface area contributed by atoms with Crippen LogP contribution in [0.1, 0.15) is 33.1 Å². The molecule has 3 nitrogen and oxygen atoms in total. The quantitative estimate of drug-likeness (QED) is 0.762. The van der Waals surface area contributed by atoms with Crippen molar-refractivity contribution in [2.24, 2.45) is 5.92 Å². The molecule has 1 aliphatic carbocycles. The Labute approximate surface area is 99.4 Å². The highest BCUT2D eigenvalue weighted by Crippen LogP contribution is 2.32. The first kappa shape index (κ1) is 12.3. The van der Waals surface area contributed by atoms with E-state index in [1.807, 2.05) is 0 Å². The molecule has 94 valence electrons. The minimum absolute atomic E-state index is 0.0600. The van der Waals surface area contributed by atoms with Crippen molar-refractivity contribution in [2.75, 3.05) is 32.7 Å². The van der Waals surface area contributed by atoms with E-state index in [2.05, 4.69) is 23.6 Å². The van der Waals surface area contributed by atoms with Crippen molar-refractivity contribution >= 4 is 0 Å². The summed E-state index contributed by atoms with van der Waals surface area (Å²) in [7, 11) is 0. The molecule has 0 amide bonds. The van der Waals surface area contributed by atoms with Gasteiger partial charge in [0.2, 0.25) is 0 Å². The number of hydrogen-bond acceptors (Lipinski definition) is 3. The van der Waals surface area contributed by atoms with Crippen LogP contribution in [0.3, 0.4) is 0 Å². The summed E-state index contributed by atoms with van der Waals surface area (Å²) in [4.78, 5) is 5.00. The zero-order valence-corrected chi connectivity index (χ0v) is 10.7. The molecule has 1 aliphatic heterocycles. The first-order valence-corrected chi connectivity index (χ1v) is 6.85. The van der Waals surface area contributed by atoms with E-state index in [-0.39, 0.29) is 6.10 Å². The highest BCUT2D eigenvalue weighted by molar-refractivity contribution is 4.84. The fourth-order valence-electron chi connectivity index (χ4n) is 2.54. The van der Waals surface area contributed by atoms with Gasteiger partial charge in [0, 0.05) is 38.8 Å². The van der Waals surface area contributed by atoms with Crippen molar-refractivity contribution in [2.45, 2.75) is 45.3 Å². The van der Waals surface area contributed by atoms with Crippen LogP contribution in [0.15, 0.2) is 0 Å². The predicted molar refractivity (Wildman–Crippen MR) is 66.5 cm³/mol. The molecule has 0 spiro atoms. The highest BCUT2D eigenvalue weighted by Gasteiger charge is 2.31. The Kier molecular flexibility index (Phi) is 4.22. The SMILES string of the molecule is CCC(C)N1CCN(CC(O)C2CC2)CC1. The molecule has 16 heavy (non-hydrogen) atoms. The summed E-state index contributed by atoms with van der Waals surface area (Å²) in [5.41, 5.74) is 0. The van der Waals surface area contributed by atoms with Crippen molar-refractivity contribution < 1.29 is 5.11 Å². The topological polar surface area (TPSA) is 26.7 Å². The third kappa shape index (κ3) is 3.19. The van der Waals surface area contributed by atoms with Gasteiger partial charge in [-0.15, -0.1) is 0 Å². The lowest BCUT2D eigenvalue weighted by molar-refractivity contribution is 0.0505. The monoisotopic (exact) mass is 226 g/mol. The van der Waals surface area contributed by atoms with Crippen LogP contribution in [-0.4, -0.2) is 59.8 Å². The van der Waals surface area contributed by atoms with E-state index in [1.165, 1.54) is 32.4 Å². The summed E-state index contributed by atoms with van der Waals surface area (Å²) in [5.74, 6) is 0.618. The molecule has 2 rings (SSSR count). The molecule has 0 radical (unpaired) electrons. The number of β-amino-alcohol motifs (C(OH)–C–C–N with tert-alkyl or cyclic N) is 1. The molecule has 2 unspecified atom stereocenters. The van der Waals surface area contributed by atoms with E-state index in [1.54, 1.807) is 0 Å². The molecule has 0 bridgehead atoms. The molecule has 1 heterocycles. The van der Waals surface area contributed by atoms with Crippen molar-refractivity contribution in [1.82, 2.24) is 9.80 Å². The van der Waals surface area contributed by atoms with Crippen LogP contribution in [0.5, 0.6) is 0 Å². The van der Waals surface area contributed by atoms with Crippen LogP contribution < -0.4 is 0 Å². The van der Waals surface area contributed by atoms with Gasteiger partial charge in [0.15, 0.2) is 0 Å². The smallest absolute Gasteiger partial charge is 0.0695 e. The molecular formula is C13H26N2O. The van der Waals surface area contributed by atoms with Crippen molar-refractivity contribution in [1.29, 1.82) is 0 Å². The van der Waals surface area contributed by atoms with Crippen LogP contribution in [-0.2, 0) is 0 Å². The van der Waals surface area contributed by atoms with Gasteiger partial charge >= 0.3 is 0 Å². The van der Waals surface area contributed by atoms with Crippen LogP contribution in [0.25, 0.3) is 0 Å². The normalized spacial score (nSPS) is 27.9. The zero-order chi connectivity index (χ0) is 11.5. The molecule has 2 atom stereocenters. The average Bonchev–Trinajstić information content (AvgIpc) is 3.13. The van der Waals surface area contributed by atoms with Gasteiger partial charge in [-0.25, -0.2) is 0 Å². The Morgan fingerprint density at radius 3 is 2.31 bits per heavy atom. The Morgan fingerprint density at radius 2 is 1.81 bits per heavy atom. The fourth-order valence-corrected chi connectivity index (χ4v) is 2.54. The van der Waals surface area contributed by atoms with E-state index >= 15 is 0 Å². The number of aliphatic hydroxyl groups is 1. The van der Waals surface area contributed by atoms with E-state index in [0.717, 1.165) is 25.7 Å². The maximum Gasteiger partial charge on any atom is 0.0695 e. The molecular weight excluding hydrogens is 200 g/mol. The number of piperazine rings is 1. The lowest BCUT2D eigenvalue weighted by atomic mass is 10.1. The van der Waals surface area contributed by atoms with Crippen molar-refractivity contribution in [3.8, 4) is 0 Å². The summed E-state index contributed by atoms with van der Waals surface area (Å²) in [6.07, 6.45) is 3.67. The molecule has 0 aromatic rings. The second kappa shape index (κ2) is 5.48. The van der Waals surface area contributed by atoms with Gasteiger partial charge in [-0.3, -0.25) is 9.80 Å². The summed E-state index contributed by atoms with van der Waals surface area (Å²) < 4.78 is 0. The Hall–Kier alpha value is -0.120. The van der Waals surface area contributed by atoms with Gasteiger partial charge in [-0.2, -0.15) is 0 Å². The van der Waals surface area contributed by atoms with Crippen LogP contribution in [0.2, 0.25) is 0 Å². The summed E-state index contributed by atoms with van der Waals surface area (Å²) in [6, 6.07) is 0.718. The van der Waals surface area contributed by atoms with E-state index in [4.69, 9.17) is 0 Å². The third-order valence-corrected chi connectivity index (χ3v) is 4.23. The third-order valence-electron chi connectivity index (χ3n) is 4.23. The lowest BCUT2D eigenvalue weighted by Gasteiger charge is -2.38. The standard InChI is InChI=1S/C13H26N2O/c1-3-11(2)15-8-6-14(7-9-15)10-13(16)12-4-5-12/h11-13,16H,3-10H2,1-2H3. The van der Waals surface area contributed by atoms with Gasteiger partial charge in [0.1, 0.15) is 0 Å². The summed E-state index contributed by atoms with van der Waals surface area (Å²) in [5, 5.41) is 9.91. The lowest BCUT2D eigenvalue weighted by Crippen LogP contribution is -2.51. The van der Waals surface area contributed by atoms with Gasteiger partial charge in [0.25, 0.3) is 0 Å². The largest absolute Gasteiger partial charge is 0.392 e. The maximum atomic E-state index is 9.91. The number of hydrogen-bond donors (Lipinski definition) is 1. The Bertz CT molecular complexity index is 210. The fraction of sp³-hybridized carbons (Fsp3) is 1.00. The second-order valence-electron chi connectivity index (χ2n) is 5.50. The van der Waals surface area contributed by atoms with Gasteiger partial charge < -0.3 is 5.11 Å². The highest BCUT2D eigenvalue weighted by atomic mass is 16.3. The van der Waals surface area contributed by atoms with Gasteiger partial charge in [0.05, 0.1) is 6.10 Å². The molecule has 1 saturated carbocycles.